The van der Waals surface area contributed by atoms with E-state index in [0.717, 1.165) is 21.2 Å². The highest BCUT2D eigenvalue weighted by molar-refractivity contribution is 9.10. The molecule has 2 rings (SSSR count). The van der Waals surface area contributed by atoms with E-state index in [0.29, 0.717) is 11.4 Å². The molecular weight excluding hydrogens is 314 g/mol. The quantitative estimate of drug-likeness (QED) is 0.922. The molecule has 0 radical (unpaired) electrons. The first-order chi connectivity index (χ1) is 8.56. The number of benzene rings is 1. The zero-order valence-electron chi connectivity index (χ0n) is 9.90. The lowest BCUT2D eigenvalue weighted by Gasteiger charge is -2.12. The van der Waals surface area contributed by atoms with Crippen LogP contribution < -0.4 is 0 Å². The van der Waals surface area contributed by atoms with Gasteiger partial charge in [-0.05, 0) is 35.7 Å². The first-order valence-corrected chi connectivity index (χ1v) is 6.77. The Morgan fingerprint density at radius 1 is 1.33 bits per heavy atom. The van der Waals surface area contributed by atoms with E-state index in [1.807, 2.05) is 31.2 Å². The molecule has 18 heavy (non-hydrogen) atoms. The van der Waals surface area contributed by atoms with Gasteiger partial charge in [-0.25, -0.2) is 0 Å². The third-order valence-corrected chi connectivity index (χ3v) is 3.55. The summed E-state index contributed by atoms with van der Waals surface area (Å²) in [6, 6.07) is 7.60. The van der Waals surface area contributed by atoms with Gasteiger partial charge < -0.3 is 5.11 Å². The molecule has 0 saturated carbocycles. The van der Waals surface area contributed by atoms with E-state index in [-0.39, 0.29) is 0 Å². The zero-order chi connectivity index (χ0) is 13.1. The van der Waals surface area contributed by atoms with Crippen LogP contribution in [0.1, 0.15) is 22.8 Å². The van der Waals surface area contributed by atoms with Gasteiger partial charge in [-0.15, -0.1) is 0 Å². The molecule has 1 unspecified atom stereocenters. The highest BCUT2D eigenvalue weighted by Crippen LogP contribution is 2.26. The zero-order valence-corrected chi connectivity index (χ0v) is 12.2. The molecule has 1 aromatic heterocycles. The molecule has 4 heteroatoms. The Morgan fingerprint density at radius 2 is 2.11 bits per heavy atom. The minimum absolute atomic E-state index is 0.483. The lowest BCUT2D eigenvalue weighted by atomic mass is 10.0. The number of rotatable bonds is 3. The highest BCUT2D eigenvalue weighted by atomic mass is 79.9. The summed E-state index contributed by atoms with van der Waals surface area (Å²) in [6.45, 7) is 1.95. The number of hydrogen-bond donors (Lipinski definition) is 1. The van der Waals surface area contributed by atoms with Crippen LogP contribution >= 0.6 is 27.5 Å². The number of aromatic nitrogens is 1. The largest absolute Gasteiger partial charge is 0.388 e. The summed E-state index contributed by atoms with van der Waals surface area (Å²) in [6.07, 6.45) is 3.35. The Balaban J connectivity index is 2.18. The molecule has 0 aliphatic carbocycles. The minimum atomic E-state index is -0.587. The normalized spacial score (nSPS) is 12.4. The molecule has 1 aromatic carbocycles. The van der Waals surface area contributed by atoms with Crippen LogP contribution in [0.2, 0.25) is 5.02 Å². The van der Waals surface area contributed by atoms with Crippen molar-refractivity contribution >= 4 is 27.5 Å². The highest BCUT2D eigenvalue weighted by Gasteiger charge is 2.11. The summed E-state index contributed by atoms with van der Waals surface area (Å²) in [4.78, 5) is 4.08. The molecule has 0 bridgehead atoms. The van der Waals surface area contributed by atoms with E-state index in [9.17, 15) is 5.11 Å². The molecule has 1 N–H and O–H groups in total. The van der Waals surface area contributed by atoms with Crippen LogP contribution in [0, 0.1) is 6.92 Å². The van der Waals surface area contributed by atoms with Crippen LogP contribution in [-0.4, -0.2) is 10.1 Å². The summed E-state index contributed by atoms with van der Waals surface area (Å²) < 4.78 is 0.933. The van der Waals surface area contributed by atoms with Crippen molar-refractivity contribution < 1.29 is 5.11 Å². The predicted molar refractivity (Wildman–Crippen MR) is 76.8 cm³/mol. The second-order valence-corrected chi connectivity index (χ2v) is 5.57. The van der Waals surface area contributed by atoms with E-state index < -0.39 is 6.10 Å². The molecule has 2 nitrogen and oxygen atoms in total. The SMILES string of the molecule is Cc1cncc(C(O)Cc2ccc(Br)cc2Cl)c1. The van der Waals surface area contributed by atoms with Gasteiger partial charge in [-0.1, -0.05) is 39.7 Å². The van der Waals surface area contributed by atoms with Crippen LogP contribution in [0.5, 0.6) is 0 Å². The van der Waals surface area contributed by atoms with Gasteiger partial charge in [-0.3, -0.25) is 4.98 Å². The fraction of sp³-hybridized carbons (Fsp3) is 0.214. The van der Waals surface area contributed by atoms with Crippen LogP contribution in [-0.2, 0) is 6.42 Å². The Labute approximate surface area is 120 Å². The number of aryl methyl sites for hydroxylation is 1. The molecule has 2 aromatic rings. The number of nitrogens with zero attached hydrogens (tertiary/aromatic N) is 1. The van der Waals surface area contributed by atoms with Crippen molar-refractivity contribution in [2.75, 3.05) is 0 Å². The Bertz CT molecular complexity index is 559. The second kappa shape index (κ2) is 5.83. The maximum atomic E-state index is 10.2. The van der Waals surface area contributed by atoms with Crippen molar-refractivity contribution in [3.05, 3.63) is 62.8 Å². The maximum Gasteiger partial charge on any atom is 0.0845 e. The van der Waals surface area contributed by atoms with E-state index in [4.69, 9.17) is 11.6 Å². The van der Waals surface area contributed by atoms with Crippen molar-refractivity contribution in [2.24, 2.45) is 0 Å². The number of hydrogen-bond acceptors (Lipinski definition) is 2. The minimum Gasteiger partial charge on any atom is -0.388 e. The average molecular weight is 327 g/mol. The van der Waals surface area contributed by atoms with Crippen molar-refractivity contribution in [2.45, 2.75) is 19.4 Å². The summed E-state index contributed by atoms with van der Waals surface area (Å²) in [5, 5.41) is 10.8. The first kappa shape index (κ1) is 13.5. The van der Waals surface area contributed by atoms with E-state index >= 15 is 0 Å². The second-order valence-electron chi connectivity index (χ2n) is 4.25. The van der Waals surface area contributed by atoms with Gasteiger partial charge in [0.1, 0.15) is 0 Å². The monoisotopic (exact) mass is 325 g/mol. The maximum absolute atomic E-state index is 10.2. The molecule has 1 heterocycles. The van der Waals surface area contributed by atoms with Gasteiger partial charge in [0.25, 0.3) is 0 Å². The van der Waals surface area contributed by atoms with Gasteiger partial charge >= 0.3 is 0 Å². The predicted octanol–water partition coefficient (Wildman–Crippen LogP) is 4.08. The Kier molecular flexibility index (Phi) is 4.38. The number of halogens is 2. The van der Waals surface area contributed by atoms with Gasteiger partial charge in [0, 0.05) is 28.3 Å². The lowest BCUT2D eigenvalue weighted by molar-refractivity contribution is 0.178. The van der Waals surface area contributed by atoms with E-state index in [1.165, 1.54) is 0 Å². The van der Waals surface area contributed by atoms with Gasteiger partial charge in [0.2, 0.25) is 0 Å². The van der Waals surface area contributed by atoms with Crippen LogP contribution in [0.25, 0.3) is 0 Å². The van der Waals surface area contributed by atoms with Gasteiger partial charge in [-0.2, -0.15) is 0 Å². The third kappa shape index (κ3) is 3.31. The molecule has 0 amide bonds. The van der Waals surface area contributed by atoms with Crippen LogP contribution in [0.15, 0.2) is 41.1 Å². The molecule has 0 saturated heterocycles. The van der Waals surface area contributed by atoms with Crippen LogP contribution in [0.4, 0.5) is 0 Å². The number of pyridine rings is 1. The molecule has 0 aliphatic heterocycles. The van der Waals surface area contributed by atoms with E-state index in [1.54, 1.807) is 12.4 Å². The molecular formula is C14H13BrClNO. The number of aliphatic hydroxyl groups is 1. The smallest absolute Gasteiger partial charge is 0.0845 e. The average Bonchev–Trinajstić information content (AvgIpc) is 2.32. The topological polar surface area (TPSA) is 33.1 Å². The molecule has 0 spiro atoms. The molecule has 1 atom stereocenters. The number of aliphatic hydroxyl groups excluding tert-OH is 1. The van der Waals surface area contributed by atoms with Crippen molar-refractivity contribution in [1.29, 1.82) is 0 Å². The summed E-state index contributed by atoms with van der Waals surface area (Å²) >= 11 is 9.50. The molecule has 0 aliphatic rings. The van der Waals surface area contributed by atoms with Crippen molar-refractivity contribution in [1.82, 2.24) is 4.98 Å². The van der Waals surface area contributed by atoms with Gasteiger partial charge in [0.15, 0.2) is 0 Å². The first-order valence-electron chi connectivity index (χ1n) is 5.60. The van der Waals surface area contributed by atoms with Gasteiger partial charge in [0.05, 0.1) is 6.10 Å². The Hall–Kier alpha value is -0.900. The molecule has 94 valence electrons. The third-order valence-electron chi connectivity index (χ3n) is 2.71. The lowest BCUT2D eigenvalue weighted by Crippen LogP contribution is -2.03. The van der Waals surface area contributed by atoms with E-state index in [2.05, 4.69) is 20.9 Å². The fourth-order valence-electron chi connectivity index (χ4n) is 1.77. The summed E-state index contributed by atoms with van der Waals surface area (Å²) in [7, 11) is 0. The fourth-order valence-corrected chi connectivity index (χ4v) is 2.52. The Morgan fingerprint density at radius 3 is 2.78 bits per heavy atom. The van der Waals surface area contributed by atoms with Crippen molar-refractivity contribution in [3.63, 3.8) is 0 Å². The molecule has 0 fully saturated rings. The summed E-state index contributed by atoms with van der Waals surface area (Å²) in [5.41, 5.74) is 2.77. The summed E-state index contributed by atoms with van der Waals surface area (Å²) in [5.74, 6) is 0. The standard InChI is InChI=1S/C14H13BrClNO/c1-9-4-11(8-17-7-9)14(18)5-10-2-3-12(15)6-13(10)16/h2-4,6-8,14,18H,5H2,1H3. The van der Waals surface area contributed by atoms with Crippen LogP contribution in [0.3, 0.4) is 0 Å². The van der Waals surface area contributed by atoms with Crippen molar-refractivity contribution in [3.8, 4) is 0 Å².